The van der Waals surface area contributed by atoms with Gasteiger partial charge in [0.15, 0.2) is 5.96 Å². The zero-order valence-corrected chi connectivity index (χ0v) is 50.6. The van der Waals surface area contributed by atoms with Crippen LogP contribution in [-0.4, -0.2) is 176 Å². The van der Waals surface area contributed by atoms with Crippen LogP contribution in [-0.2, 0) is 73.6 Å². The largest absolute Gasteiger partial charge is 0.508 e. The van der Waals surface area contributed by atoms with E-state index in [1.807, 2.05) is 19.9 Å². The number of phenols is 1. The summed E-state index contributed by atoms with van der Waals surface area (Å²) in [5, 5.41) is 46.1. The van der Waals surface area contributed by atoms with Gasteiger partial charge in [0.05, 0.1) is 12.9 Å². The molecule has 4 heterocycles. The number of aromatic nitrogens is 3. The number of imidazole rings is 1. The molecule has 5 aromatic rings. The Morgan fingerprint density at radius 3 is 1.86 bits per heavy atom. The second kappa shape index (κ2) is 32.9. The number of aliphatic hydroxyl groups is 1. The predicted octanol–water partition coefficient (Wildman–Crippen LogP) is -1.24. The van der Waals surface area contributed by atoms with E-state index in [0.29, 0.717) is 52.7 Å². The molecular formula is C62H82N16O12. The molecule has 2 saturated heterocycles. The van der Waals surface area contributed by atoms with Crippen LogP contribution in [0.4, 0.5) is 0 Å². The van der Waals surface area contributed by atoms with E-state index in [-0.39, 0.29) is 100 Å². The molecule has 2 aliphatic rings. The predicted molar refractivity (Wildman–Crippen MR) is 331 cm³/mol. The molecule has 2 fully saturated rings. The van der Waals surface area contributed by atoms with Gasteiger partial charge in [-0.2, -0.15) is 0 Å². The van der Waals surface area contributed by atoms with Crippen molar-refractivity contribution in [1.29, 1.82) is 0 Å². The number of guanidine groups is 1. The highest BCUT2D eigenvalue weighted by atomic mass is 16.3. The number of aliphatic imine (C=N–C) groups is 1. The highest BCUT2D eigenvalue weighted by Gasteiger charge is 2.40. The Labute approximate surface area is 520 Å². The molecule has 2 aliphatic heterocycles. The van der Waals surface area contributed by atoms with Crippen molar-refractivity contribution >= 4 is 75.9 Å². The number of amides is 10. The van der Waals surface area contributed by atoms with E-state index in [4.69, 9.17) is 11.5 Å². The second-order valence-corrected chi connectivity index (χ2v) is 22.8. The minimum atomic E-state index is -1.77. The minimum Gasteiger partial charge on any atom is -0.508 e. The SMILES string of the molecule is CCNC(=O)C1CCCN1C(=O)C(CCCN=C(N)N)NC(=O)C(CC(C)C)NC(=O)C(Cc1ccccc1)NC(=O)C(Cc1ccc(O)cc1)NC(=O)C(CO)NC(=O)C(Cc1c[nH]c2ccccc12)NC(=O)C(Cc1cnc[nH]1)NC(=O)C1CCC(=O)N1. The first kappa shape index (κ1) is 67.6. The number of carbonyl (C=O) groups excluding carboxylic acids is 10. The average Bonchev–Trinajstić information content (AvgIpc) is 1.92. The smallest absolute Gasteiger partial charge is 0.245 e. The standard InChI is InChI=1S/C62H82N16O12/c1-4-66-60(89)51-17-11-25-78(51)61(90)44(16-10-24-67-62(63)64)71-54(83)45(26-35(2)3)72-55(84)46(27-36-12-6-5-7-13-36)73-56(85)47(28-37-18-20-40(80)21-19-37)74-59(88)50(33-79)77-57(86)48(29-38-31-68-42-15-9-8-14-41(38)42)75-58(87)49(30-39-32-65-34-69-39)76-53(82)43-22-23-52(81)70-43/h5-9,12-15,18-21,31-32,34-35,43-51,68,79-80H,4,10-11,16-17,22-30,33H2,1-3H3,(H,65,69)(H,66,89)(H,70,81)(H,71,83)(H,72,84)(H,73,85)(H,74,88)(H,75,87)(H,76,82)(H,77,86)(H4,63,64,67). The molecule has 7 rings (SSSR count). The lowest BCUT2D eigenvalue weighted by atomic mass is 9.99. The first-order chi connectivity index (χ1) is 43.2. The summed E-state index contributed by atoms with van der Waals surface area (Å²) in [7, 11) is 0. The van der Waals surface area contributed by atoms with Crippen molar-refractivity contribution in [1.82, 2.24) is 67.7 Å². The number of hydrogen-bond acceptors (Lipinski definition) is 14. The maximum absolute atomic E-state index is 14.9. The van der Waals surface area contributed by atoms with Crippen LogP contribution in [0.15, 0.2) is 103 Å². The molecule has 3 aromatic carbocycles. The molecule has 0 spiro atoms. The highest BCUT2D eigenvalue weighted by molar-refractivity contribution is 5.99. The van der Waals surface area contributed by atoms with E-state index in [1.165, 1.54) is 41.7 Å². The molecule has 482 valence electrons. The molecule has 0 bridgehead atoms. The van der Waals surface area contributed by atoms with E-state index >= 15 is 0 Å². The fourth-order valence-corrected chi connectivity index (χ4v) is 10.9. The summed E-state index contributed by atoms with van der Waals surface area (Å²) >= 11 is 0. The monoisotopic (exact) mass is 1240 g/mol. The van der Waals surface area contributed by atoms with E-state index in [1.54, 1.807) is 61.7 Å². The van der Waals surface area contributed by atoms with Gasteiger partial charge in [-0.15, -0.1) is 0 Å². The zero-order valence-electron chi connectivity index (χ0n) is 50.6. The van der Waals surface area contributed by atoms with Crippen molar-refractivity contribution in [2.45, 2.75) is 146 Å². The quantitative estimate of drug-likeness (QED) is 0.0136. The van der Waals surface area contributed by atoms with Crippen molar-refractivity contribution in [3.63, 3.8) is 0 Å². The van der Waals surface area contributed by atoms with Crippen molar-refractivity contribution in [3.8, 4) is 5.75 Å². The Bertz CT molecular complexity index is 3320. The summed E-state index contributed by atoms with van der Waals surface area (Å²) in [4.78, 5) is 156. The first-order valence-corrected chi connectivity index (χ1v) is 30.2. The fraction of sp³-hybridized carbons (Fsp3) is 0.452. The van der Waals surface area contributed by atoms with E-state index in [2.05, 4.69) is 67.8 Å². The number of nitrogens with zero attached hydrogens (tertiary/aromatic N) is 3. The summed E-state index contributed by atoms with van der Waals surface area (Å²) < 4.78 is 0. The average molecular weight is 1240 g/mol. The molecule has 28 heteroatoms. The van der Waals surface area contributed by atoms with Crippen LogP contribution < -0.4 is 59.3 Å². The Kier molecular flexibility index (Phi) is 24.7. The topological polar surface area (TPSA) is 432 Å². The minimum absolute atomic E-state index is 0.0742. The van der Waals surface area contributed by atoms with Crippen LogP contribution in [0, 0.1) is 5.92 Å². The number of rotatable bonds is 32. The summed E-state index contributed by atoms with van der Waals surface area (Å²) in [5.41, 5.74) is 13.9. The second-order valence-electron chi connectivity index (χ2n) is 22.8. The number of fused-ring (bicyclic) bond motifs is 1. The Morgan fingerprint density at radius 2 is 1.26 bits per heavy atom. The lowest BCUT2D eigenvalue weighted by Gasteiger charge is -2.30. The molecule has 90 heavy (non-hydrogen) atoms. The number of aromatic amines is 2. The molecule has 0 saturated carbocycles. The molecule has 17 N–H and O–H groups in total. The number of hydrogen-bond donors (Lipinski definition) is 15. The van der Waals surface area contributed by atoms with E-state index < -0.39 is 108 Å². The van der Waals surface area contributed by atoms with Crippen molar-refractivity contribution in [2.24, 2.45) is 22.4 Å². The number of H-pyrrole nitrogens is 2. The van der Waals surface area contributed by atoms with Crippen LogP contribution in [0.25, 0.3) is 10.9 Å². The van der Waals surface area contributed by atoms with Gasteiger partial charge in [0, 0.05) is 80.7 Å². The van der Waals surface area contributed by atoms with Gasteiger partial charge in [-0.05, 0) is 86.3 Å². The van der Waals surface area contributed by atoms with Crippen LogP contribution in [0.3, 0.4) is 0 Å². The summed E-state index contributed by atoms with van der Waals surface area (Å²) in [6.07, 6.45) is 5.52. The third kappa shape index (κ3) is 19.6. The van der Waals surface area contributed by atoms with Crippen LogP contribution in [0.2, 0.25) is 0 Å². The third-order valence-electron chi connectivity index (χ3n) is 15.5. The van der Waals surface area contributed by atoms with Gasteiger partial charge in [-0.25, -0.2) is 4.98 Å². The van der Waals surface area contributed by atoms with Gasteiger partial charge in [-0.3, -0.25) is 52.9 Å². The molecule has 0 aliphatic carbocycles. The third-order valence-corrected chi connectivity index (χ3v) is 15.5. The maximum Gasteiger partial charge on any atom is 0.245 e. The number of benzene rings is 3. The summed E-state index contributed by atoms with van der Waals surface area (Å²) in [5.74, 6) is -7.51. The molecule has 28 nitrogen and oxygen atoms in total. The van der Waals surface area contributed by atoms with Gasteiger partial charge in [0.1, 0.15) is 60.1 Å². The number of aromatic hydroxyl groups is 1. The zero-order chi connectivity index (χ0) is 64.9. The number of carbonyl (C=O) groups is 10. The highest BCUT2D eigenvalue weighted by Crippen LogP contribution is 2.22. The van der Waals surface area contributed by atoms with Crippen molar-refractivity contribution in [2.75, 3.05) is 26.2 Å². The van der Waals surface area contributed by atoms with Gasteiger partial charge < -0.3 is 84.4 Å². The van der Waals surface area contributed by atoms with Crippen LogP contribution in [0.1, 0.15) is 88.1 Å². The van der Waals surface area contributed by atoms with Gasteiger partial charge in [0.25, 0.3) is 0 Å². The van der Waals surface area contributed by atoms with Crippen LogP contribution >= 0.6 is 0 Å². The van der Waals surface area contributed by atoms with E-state index in [9.17, 15) is 58.2 Å². The molecular weight excluding hydrogens is 1160 g/mol. The molecule has 9 unspecified atom stereocenters. The van der Waals surface area contributed by atoms with E-state index in [0.717, 1.165) is 0 Å². The summed E-state index contributed by atoms with van der Waals surface area (Å²) in [6, 6.07) is 9.96. The molecule has 9 atom stereocenters. The fourth-order valence-electron chi connectivity index (χ4n) is 10.9. The van der Waals surface area contributed by atoms with Crippen molar-refractivity contribution in [3.05, 3.63) is 120 Å². The molecule has 0 radical (unpaired) electrons. The lowest BCUT2D eigenvalue weighted by Crippen LogP contribution is -2.61. The van der Waals surface area contributed by atoms with Gasteiger partial charge in [-0.1, -0.05) is 74.5 Å². The Hall–Kier alpha value is -9.86. The maximum atomic E-state index is 14.9. The number of para-hydroxylation sites is 1. The van der Waals surface area contributed by atoms with Gasteiger partial charge >= 0.3 is 0 Å². The number of nitrogens with two attached hydrogens (primary N) is 2. The molecule has 2 aromatic heterocycles. The number of likely N-dealkylation sites (N-methyl/N-ethyl adjacent to an activating group) is 1. The normalized spacial score (nSPS) is 16.9. The Balaban J connectivity index is 1.13. The Morgan fingerprint density at radius 1 is 0.678 bits per heavy atom. The number of likely N-dealkylation sites (tertiary alicyclic amines) is 1. The number of phenolic OH excluding ortho intramolecular Hbond substituents is 1. The van der Waals surface area contributed by atoms with Crippen LogP contribution in [0.5, 0.6) is 5.75 Å². The number of nitrogens with one attached hydrogen (secondary N) is 11. The first-order valence-electron chi connectivity index (χ1n) is 30.2. The summed E-state index contributed by atoms with van der Waals surface area (Å²) in [6.45, 7) is 5.16. The van der Waals surface area contributed by atoms with Gasteiger partial charge in [0.2, 0.25) is 59.1 Å². The lowest BCUT2D eigenvalue weighted by molar-refractivity contribution is -0.142. The van der Waals surface area contributed by atoms with Crippen molar-refractivity contribution < 1.29 is 58.2 Å². The number of aliphatic hydroxyl groups excluding tert-OH is 1. The molecule has 10 amide bonds.